The highest BCUT2D eigenvalue weighted by Gasteiger charge is 2.16. The smallest absolute Gasteiger partial charge is 0.255 e. The van der Waals surface area contributed by atoms with Crippen molar-refractivity contribution >= 4 is 43.9 Å². The summed E-state index contributed by atoms with van der Waals surface area (Å²) in [6.07, 6.45) is 0. The molecule has 4 rings (SSSR count). The number of hydrogen-bond acceptors (Lipinski definition) is 5. The van der Waals surface area contributed by atoms with Crippen molar-refractivity contribution in [2.75, 3.05) is 5.32 Å². The van der Waals surface area contributed by atoms with Gasteiger partial charge in [-0.2, -0.15) is 0 Å². The van der Waals surface area contributed by atoms with Gasteiger partial charge in [0, 0.05) is 28.1 Å². The molecule has 152 valence electrons. The number of para-hydroxylation sites is 1. The van der Waals surface area contributed by atoms with E-state index in [0.717, 1.165) is 16.0 Å². The monoisotopic (exact) mass is 437 g/mol. The molecule has 2 aromatic heterocycles. The Morgan fingerprint density at radius 2 is 1.80 bits per heavy atom. The van der Waals surface area contributed by atoms with E-state index in [-0.39, 0.29) is 17.3 Å². The molecule has 0 aliphatic carbocycles. The molecule has 0 spiro atoms. The maximum Gasteiger partial charge on any atom is 0.255 e. The molecule has 2 N–H and O–H groups in total. The van der Waals surface area contributed by atoms with E-state index in [2.05, 4.69) is 15.0 Å². The predicted molar refractivity (Wildman–Crippen MR) is 119 cm³/mol. The number of nitrogens with one attached hydrogen (secondary N) is 2. The fourth-order valence-corrected chi connectivity index (χ4v) is 4.73. The van der Waals surface area contributed by atoms with Crippen LogP contribution in [0, 0.1) is 6.92 Å². The van der Waals surface area contributed by atoms with Crippen molar-refractivity contribution in [3.63, 3.8) is 0 Å². The number of nitrogens with zero attached hydrogens (tertiary/aromatic N) is 1. The molecule has 1 amide bonds. The number of benzene rings is 2. The van der Waals surface area contributed by atoms with E-state index in [0.29, 0.717) is 16.8 Å². The van der Waals surface area contributed by atoms with Gasteiger partial charge < -0.3 is 5.32 Å². The first-order chi connectivity index (χ1) is 14.4. The summed E-state index contributed by atoms with van der Waals surface area (Å²) in [5.41, 5.74) is 2.53. The van der Waals surface area contributed by atoms with Crippen LogP contribution in [0.3, 0.4) is 0 Å². The third kappa shape index (κ3) is 4.40. The van der Waals surface area contributed by atoms with E-state index in [1.54, 1.807) is 6.07 Å². The SMILES string of the molecule is Cc1ccc2cccc(NC(=O)c3ccc(S(=O)(=O)NCc4cccs4)cc3)c2n1. The van der Waals surface area contributed by atoms with Crippen LogP contribution in [0.25, 0.3) is 10.9 Å². The Morgan fingerprint density at radius 1 is 1.00 bits per heavy atom. The van der Waals surface area contributed by atoms with Gasteiger partial charge in [-0.3, -0.25) is 9.78 Å². The number of aromatic nitrogens is 1. The maximum absolute atomic E-state index is 12.7. The fraction of sp³-hybridized carbons (Fsp3) is 0.0909. The van der Waals surface area contributed by atoms with Crippen molar-refractivity contribution in [3.05, 3.63) is 88.2 Å². The average Bonchev–Trinajstić information content (AvgIpc) is 3.27. The number of anilines is 1. The molecule has 0 unspecified atom stereocenters. The molecular weight excluding hydrogens is 418 g/mol. The molecule has 0 atom stereocenters. The number of carbonyl (C=O) groups excluding carboxylic acids is 1. The van der Waals surface area contributed by atoms with Crippen molar-refractivity contribution in [1.82, 2.24) is 9.71 Å². The molecular formula is C22H19N3O3S2. The molecule has 0 fully saturated rings. The number of amides is 1. The zero-order chi connectivity index (χ0) is 21.1. The molecule has 0 saturated heterocycles. The Kier molecular flexibility index (Phi) is 5.63. The third-order valence-corrected chi connectivity index (χ3v) is 6.84. The normalized spacial score (nSPS) is 11.5. The largest absolute Gasteiger partial charge is 0.320 e. The van der Waals surface area contributed by atoms with Crippen LogP contribution in [-0.2, 0) is 16.6 Å². The Morgan fingerprint density at radius 3 is 2.53 bits per heavy atom. The zero-order valence-electron chi connectivity index (χ0n) is 16.1. The van der Waals surface area contributed by atoms with Gasteiger partial charge in [0.1, 0.15) is 0 Å². The molecule has 2 aromatic carbocycles. The zero-order valence-corrected chi connectivity index (χ0v) is 17.8. The standard InChI is InChI=1S/C22H19N3O3S2/c1-15-7-8-16-4-2-6-20(21(16)24-15)25-22(26)17-9-11-19(12-10-17)30(27,28)23-14-18-5-3-13-29-18/h2-13,23H,14H2,1H3,(H,25,26). The summed E-state index contributed by atoms with van der Waals surface area (Å²) in [5, 5.41) is 5.69. The van der Waals surface area contributed by atoms with Crippen LogP contribution in [0.15, 0.2) is 77.0 Å². The van der Waals surface area contributed by atoms with Crippen molar-refractivity contribution in [3.8, 4) is 0 Å². The van der Waals surface area contributed by atoms with Crippen LogP contribution < -0.4 is 10.0 Å². The van der Waals surface area contributed by atoms with E-state index in [1.165, 1.54) is 35.6 Å². The minimum absolute atomic E-state index is 0.109. The first-order valence-electron chi connectivity index (χ1n) is 9.22. The van der Waals surface area contributed by atoms with E-state index in [9.17, 15) is 13.2 Å². The van der Waals surface area contributed by atoms with Crippen LogP contribution in [0.1, 0.15) is 20.9 Å². The first-order valence-corrected chi connectivity index (χ1v) is 11.6. The first kappa shape index (κ1) is 20.2. The Labute approximate surface area is 178 Å². The fourth-order valence-electron chi connectivity index (χ4n) is 2.99. The van der Waals surface area contributed by atoms with Gasteiger partial charge in [0.05, 0.1) is 16.1 Å². The molecule has 2 heterocycles. The van der Waals surface area contributed by atoms with Gasteiger partial charge in [0.2, 0.25) is 10.0 Å². The molecule has 0 saturated carbocycles. The highest BCUT2D eigenvalue weighted by molar-refractivity contribution is 7.89. The van der Waals surface area contributed by atoms with Gasteiger partial charge in [-0.15, -0.1) is 11.3 Å². The molecule has 0 aliphatic heterocycles. The van der Waals surface area contributed by atoms with E-state index >= 15 is 0 Å². The second-order valence-electron chi connectivity index (χ2n) is 6.71. The summed E-state index contributed by atoms with van der Waals surface area (Å²) in [7, 11) is -3.66. The van der Waals surface area contributed by atoms with Gasteiger partial charge in [-0.05, 0) is 54.8 Å². The van der Waals surface area contributed by atoms with Crippen molar-refractivity contribution < 1.29 is 13.2 Å². The van der Waals surface area contributed by atoms with Crippen LogP contribution in [0.5, 0.6) is 0 Å². The summed E-state index contributed by atoms with van der Waals surface area (Å²) in [5.74, 6) is -0.332. The summed E-state index contributed by atoms with van der Waals surface area (Å²) in [6.45, 7) is 2.12. The second kappa shape index (κ2) is 8.35. The molecule has 0 radical (unpaired) electrons. The van der Waals surface area contributed by atoms with Gasteiger partial charge in [0.25, 0.3) is 5.91 Å². The third-order valence-electron chi connectivity index (χ3n) is 4.55. The van der Waals surface area contributed by atoms with Crippen LogP contribution in [0.2, 0.25) is 0 Å². The second-order valence-corrected chi connectivity index (χ2v) is 9.51. The highest BCUT2D eigenvalue weighted by atomic mass is 32.2. The number of aryl methyl sites for hydroxylation is 1. The van der Waals surface area contributed by atoms with E-state index in [1.807, 2.05) is 48.7 Å². The maximum atomic E-state index is 12.7. The summed E-state index contributed by atoms with van der Waals surface area (Å²) in [6, 6.07) is 19.0. The number of rotatable bonds is 6. The topological polar surface area (TPSA) is 88.2 Å². The number of fused-ring (bicyclic) bond motifs is 1. The van der Waals surface area contributed by atoms with Crippen molar-refractivity contribution in [2.24, 2.45) is 0 Å². The van der Waals surface area contributed by atoms with Crippen LogP contribution in [0.4, 0.5) is 5.69 Å². The Hall–Kier alpha value is -3.07. The number of sulfonamides is 1. The van der Waals surface area contributed by atoms with Crippen LogP contribution in [-0.4, -0.2) is 19.3 Å². The van der Waals surface area contributed by atoms with Crippen molar-refractivity contribution in [1.29, 1.82) is 0 Å². The van der Waals surface area contributed by atoms with E-state index in [4.69, 9.17) is 0 Å². The lowest BCUT2D eigenvalue weighted by Gasteiger charge is -2.10. The quantitative estimate of drug-likeness (QED) is 0.470. The summed E-state index contributed by atoms with van der Waals surface area (Å²) in [4.78, 5) is 18.2. The van der Waals surface area contributed by atoms with Gasteiger partial charge >= 0.3 is 0 Å². The van der Waals surface area contributed by atoms with Crippen molar-refractivity contribution in [2.45, 2.75) is 18.4 Å². The number of carbonyl (C=O) groups is 1. The number of hydrogen-bond donors (Lipinski definition) is 2. The lowest BCUT2D eigenvalue weighted by molar-refractivity contribution is 0.102. The number of thiophene rings is 1. The minimum atomic E-state index is -3.66. The molecule has 6 nitrogen and oxygen atoms in total. The molecule has 8 heteroatoms. The lowest BCUT2D eigenvalue weighted by atomic mass is 10.1. The molecule has 30 heavy (non-hydrogen) atoms. The average molecular weight is 438 g/mol. The van der Waals surface area contributed by atoms with Crippen LogP contribution >= 0.6 is 11.3 Å². The van der Waals surface area contributed by atoms with Gasteiger partial charge in [-0.1, -0.05) is 24.3 Å². The van der Waals surface area contributed by atoms with E-state index < -0.39 is 10.0 Å². The predicted octanol–water partition coefficient (Wildman–Crippen LogP) is 4.34. The minimum Gasteiger partial charge on any atom is -0.320 e. The van der Waals surface area contributed by atoms with Gasteiger partial charge in [0.15, 0.2) is 0 Å². The molecule has 0 aliphatic rings. The molecule has 0 bridgehead atoms. The summed E-state index contributed by atoms with van der Waals surface area (Å²) >= 11 is 1.48. The Balaban J connectivity index is 1.50. The summed E-state index contributed by atoms with van der Waals surface area (Å²) < 4.78 is 27.5. The molecule has 4 aromatic rings. The lowest BCUT2D eigenvalue weighted by Crippen LogP contribution is -2.23. The highest BCUT2D eigenvalue weighted by Crippen LogP contribution is 2.22. The number of pyridine rings is 1. The Bertz CT molecular complexity index is 1300. The van der Waals surface area contributed by atoms with Gasteiger partial charge in [-0.25, -0.2) is 13.1 Å².